The number of aromatic nitrogens is 2. The number of hydrogen-bond acceptors (Lipinski definition) is 6. The molecule has 0 unspecified atom stereocenters. The van der Waals surface area contributed by atoms with Gasteiger partial charge >= 0.3 is 0 Å². The van der Waals surface area contributed by atoms with Gasteiger partial charge in [-0.15, -0.1) is 11.8 Å². The number of nitrogens with zero attached hydrogens (tertiary/aromatic N) is 3. The van der Waals surface area contributed by atoms with Crippen LogP contribution in [-0.4, -0.2) is 28.5 Å². The SMILES string of the molecule is Cc1noc(CSc2ccccc2C(=O)Nc2cccc(N3CCCCC3=O)c2)n1. The Hall–Kier alpha value is -3.13. The molecule has 1 aliphatic heterocycles. The van der Waals surface area contributed by atoms with Crippen LogP contribution in [0.2, 0.25) is 0 Å². The number of nitrogens with one attached hydrogen (secondary N) is 1. The maximum Gasteiger partial charge on any atom is 0.256 e. The van der Waals surface area contributed by atoms with E-state index in [9.17, 15) is 9.59 Å². The first kappa shape index (κ1) is 20.2. The molecule has 1 N–H and O–H groups in total. The number of hydrogen-bond donors (Lipinski definition) is 1. The van der Waals surface area contributed by atoms with Crippen molar-refractivity contribution in [2.45, 2.75) is 36.8 Å². The van der Waals surface area contributed by atoms with Crippen LogP contribution in [0.15, 0.2) is 57.9 Å². The zero-order chi connectivity index (χ0) is 20.9. The largest absolute Gasteiger partial charge is 0.338 e. The maximum atomic E-state index is 12.9. The summed E-state index contributed by atoms with van der Waals surface area (Å²) in [5.41, 5.74) is 2.04. The molecule has 7 nitrogen and oxygen atoms in total. The molecule has 0 spiro atoms. The predicted octanol–water partition coefficient (Wildman–Crippen LogP) is 4.44. The molecular formula is C22H22N4O3S. The van der Waals surface area contributed by atoms with Gasteiger partial charge in [-0.25, -0.2) is 0 Å². The van der Waals surface area contributed by atoms with E-state index in [0.29, 0.717) is 41.7 Å². The van der Waals surface area contributed by atoms with Crippen LogP contribution in [0, 0.1) is 6.92 Å². The number of benzene rings is 2. The van der Waals surface area contributed by atoms with Crippen molar-refractivity contribution in [3.63, 3.8) is 0 Å². The molecule has 1 aliphatic rings. The van der Waals surface area contributed by atoms with Gasteiger partial charge in [0.25, 0.3) is 5.91 Å². The molecule has 2 aromatic carbocycles. The lowest BCUT2D eigenvalue weighted by atomic mass is 10.1. The van der Waals surface area contributed by atoms with E-state index in [-0.39, 0.29) is 11.8 Å². The van der Waals surface area contributed by atoms with Gasteiger partial charge in [-0.1, -0.05) is 23.4 Å². The highest BCUT2D eigenvalue weighted by atomic mass is 32.2. The van der Waals surface area contributed by atoms with Crippen molar-refractivity contribution >= 4 is 35.0 Å². The third-order valence-corrected chi connectivity index (χ3v) is 5.85. The summed E-state index contributed by atoms with van der Waals surface area (Å²) in [4.78, 5) is 32.0. The zero-order valence-electron chi connectivity index (χ0n) is 16.6. The van der Waals surface area contributed by atoms with E-state index in [4.69, 9.17) is 4.52 Å². The van der Waals surface area contributed by atoms with E-state index in [1.807, 2.05) is 42.5 Å². The highest BCUT2D eigenvalue weighted by Crippen LogP contribution is 2.28. The molecule has 8 heteroatoms. The van der Waals surface area contributed by atoms with E-state index in [2.05, 4.69) is 15.5 Å². The van der Waals surface area contributed by atoms with Gasteiger partial charge in [0.2, 0.25) is 11.8 Å². The lowest BCUT2D eigenvalue weighted by Crippen LogP contribution is -2.35. The van der Waals surface area contributed by atoms with Gasteiger partial charge in [-0.3, -0.25) is 9.59 Å². The Morgan fingerprint density at radius 2 is 2.07 bits per heavy atom. The highest BCUT2D eigenvalue weighted by Gasteiger charge is 2.20. The van der Waals surface area contributed by atoms with Crippen LogP contribution in [0.25, 0.3) is 0 Å². The summed E-state index contributed by atoms with van der Waals surface area (Å²) in [6.07, 6.45) is 2.50. The fraction of sp³-hybridized carbons (Fsp3) is 0.273. The van der Waals surface area contributed by atoms with Crippen molar-refractivity contribution in [1.82, 2.24) is 10.1 Å². The molecule has 2 heterocycles. The Morgan fingerprint density at radius 3 is 2.87 bits per heavy atom. The van der Waals surface area contributed by atoms with E-state index in [0.717, 1.165) is 23.4 Å². The van der Waals surface area contributed by atoms with Crippen molar-refractivity contribution < 1.29 is 14.1 Å². The van der Waals surface area contributed by atoms with Crippen LogP contribution in [0.5, 0.6) is 0 Å². The van der Waals surface area contributed by atoms with Crippen LogP contribution in [0.4, 0.5) is 11.4 Å². The van der Waals surface area contributed by atoms with Crippen LogP contribution >= 0.6 is 11.8 Å². The lowest BCUT2D eigenvalue weighted by Gasteiger charge is -2.27. The van der Waals surface area contributed by atoms with Gasteiger partial charge in [0.1, 0.15) is 0 Å². The summed E-state index contributed by atoms with van der Waals surface area (Å²) in [5, 5.41) is 6.74. The topological polar surface area (TPSA) is 88.3 Å². The normalized spacial score (nSPS) is 14.0. The second-order valence-electron chi connectivity index (χ2n) is 7.03. The Labute approximate surface area is 178 Å². The standard InChI is InChI=1S/C22H22N4O3S/c1-15-23-20(29-25-15)14-30-19-10-3-2-9-18(19)22(28)24-16-7-6-8-17(13-16)26-12-5-4-11-21(26)27/h2-3,6-10,13H,4-5,11-12,14H2,1H3,(H,24,28). The van der Waals surface area contributed by atoms with Crippen LogP contribution in [0.1, 0.15) is 41.3 Å². The molecule has 1 saturated heterocycles. The molecule has 2 amide bonds. The number of carbonyl (C=O) groups excluding carboxylic acids is 2. The smallest absolute Gasteiger partial charge is 0.256 e. The van der Waals surface area contributed by atoms with Crippen LogP contribution < -0.4 is 10.2 Å². The van der Waals surface area contributed by atoms with Crippen molar-refractivity contribution in [2.24, 2.45) is 0 Å². The van der Waals surface area contributed by atoms with Crippen molar-refractivity contribution in [2.75, 3.05) is 16.8 Å². The summed E-state index contributed by atoms with van der Waals surface area (Å²) in [7, 11) is 0. The number of aryl methyl sites for hydroxylation is 1. The zero-order valence-corrected chi connectivity index (χ0v) is 17.4. The number of thioether (sulfide) groups is 1. The molecule has 1 fully saturated rings. The van der Waals surface area contributed by atoms with E-state index < -0.39 is 0 Å². The summed E-state index contributed by atoms with van der Waals surface area (Å²) in [6, 6.07) is 14.8. The monoisotopic (exact) mass is 422 g/mol. The second-order valence-corrected chi connectivity index (χ2v) is 8.04. The van der Waals surface area contributed by atoms with Crippen LogP contribution in [0.3, 0.4) is 0 Å². The fourth-order valence-corrected chi connectivity index (χ4v) is 4.23. The summed E-state index contributed by atoms with van der Waals surface area (Å²) in [5.74, 6) is 1.51. The van der Waals surface area contributed by atoms with Gasteiger partial charge in [0, 0.05) is 29.2 Å². The summed E-state index contributed by atoms with van der Waals surface area (Å²) < 4.78 is 5.15. The summed E-state index contributed by atoms with van der Waals surface area (Å²) >= 11 is 1.47. The maximum absolute atomic E-state index is 12.9. The number of anilines is 2. The van der Waals surface area contributed by atoms with Gasteiger partial charge in [-0.05, 0) is 50.1 Å². The molecule has 3 aromatic rings. The molecule has 30 heavy (non-hydrogen) atoms. The van der Waals surface area contributed by atoms with Gasteiger partial charge in [0.05, 0.1) is 11.3 Å². The van der Waals surface area contributed by atoms with Crippen molar-refractivity contribution in [3.8, 4) is 0 Å². The van der Waals surface area contributed by atoms with Gasteiger partial charge in [0.15, 0.2) is 5.82 Å². The van der Waals surface area contributed by atoms with E-state index >= 15 is 0 Å². The van der Waals surface area contributed by atoms with Gasteiger partial charge < -0.3 is 14.7 Å². The van der Waals surface area contributed by atoms with Crippen molar-refractivity contribution in [3.05, 3.63) is 65.8 Å². The minimum Gasteiger partial charge on any atom is -0.338 e. The molecule has 154 valence electrons. The molecule has 0 aliphatic carbocycles. The molecule has 0 radical (unpaired) electrons. The minimum atomic E-state index is -0.207. The number of rotatable bonds is 6. The Kier molecular flexibility index (Phi) is 6.13. The quantitative estimate of drug-likeness (QED) is 0.591. The second kappa shape index (κ2) is 9.13. The Balaban J connectivity index is 1.47. The minimum absolute atomic E-state index is 0.128. The lowest BCUT2D eigenvalue weighted by molar-refractivity contribution is -0.119. The predicted molar refractivity (Wildman–Crippen MR) is 116 cm³/mol. The van der Waals surface area contributed by atoms with E-state index in [1.54, 1.807) is 17.9 Å². The molecule has 0 atom stereocenters. The molecule has 4 rings (SSSR count). The first-order valence-corrected chi connectivity index (χ1v) is 10.8. The van der Waals surface area contributed by atoms with Crippen LogP contribution in [-0.2, 0) is 10.5 Å². The molecular weight excluding hydrogens is 400 g/mol. The average Bonchev–Trinajstić information content (AvgIpc) is 3.18. The first-order chi connectivity index (χ1) is 14.6. The third kappa shape index (κ3) is 4.71. The summed E-state index contributed by atoms with van der Waals surface area (Å²) in [6.45, 7) is 2.48. The first-order valence-electron chi connectivity index (χ1n) is 9.83. The molecule has 1 aromatic heterocycles. The highest BCUT2D eigenvalue weighted by molar-refractivity contribution is 7.98. The third-order valence-electron chi connectivity index (χ3n) is 4.79. The molecule has 0 bridgehead atoms. The van der Waals surface area contributed by atoms with E-state index in [1.165, 1.54) is 11.8 Å². The number of amides is 2. The van der Waals surface area contributed by atoms with Crippen molar-refractivity contribution in [1.29, 1.82) is 0 Å². The number of carbonyl (C=O) groups is 2. The molecule has 0 saturated carbocycles. The fourth-order valence-electron chi connectivity index (χ4n) is 3.35. The Morgan fingerprint density at radius 1 is 1.20 bits per heavy atom. The van der Waals surface area contributed by atoms with Gasteiger partial charge in [-0.2, -0.15) is 4.98 Å². The Bertz CT molecular complexity index is 1070. The number of piperidine rings is 1. The average molecular weight is 423 g/mol.